The highest BCUT2D eigenvalue weighted by molar-refractivity contribution is 7.20. The molecule has 3 rings (SSSR count). The highest BCUT2D eigenvalue weighted by atomic mass is 35.5. The molecule has 1 aromatic heterocycles. The van der Waals surface area contributed by atoms with E-state index in [0.717, 1.165) is 24.5 Å². The molecular formula is C14H14ClNS. The van der Waals surface area contributed by atoms with Crippen molar-refractivity contribution in [3.8, 4) is 0 Å². The number of thiophene rings is 1. The summed E-state index contributed by atoms with van der Waals surface area (Å²) in [5, 5.41) is 2.08. The molecule has 1 aliphatic heterocycles. The molecule has 0 bridgehead atoms. The summed E-state index contributed by atoms with van der Waals surface area (Å²) in [5.41, 5.74) is 1.49. The minimum Gasteiger partial charge on any atom is -0.302 e. The Morgan fingerprint density at radius 2 is 2.18 bits per heavy atom. The Morgan fingerprint density at radius 3 is 2.94 bits per heavy atom. The van der Waals surface area contributed by atoms with Gasteiger partial charge in [0.2, 0.25) is 0 Å². The quantitative estimate of drug-likeness (QED) is 0.743. The van der Waals surface area contributed by atoms with E-state index in [1.807, 2.05) is 23.5 Å². The van der Waals surface area contributed by atoms with Gasteiger partial charge in [0.1, 0.15) is 0 Å². The zero-order chi connectivity index (χ0) is 11.8. The normalized spacial score (nSPS) is 17.4. The molecule has 2 heterocycles. The van der Waals surface area contributed by atoms with E-state index in [1.165, 1.54) is 20.5 Å². The minimum absolute atomic E-state index is 0.819. The van der Waals surface area contributed by atoms with E-state index in [9.17, 15) is 0 Å². The third kappa shape index (κ3) is 2.25. The lowest BCUT2D eigenvalue weighted by molar-refractivity contribution is 0.370. The van der Waals surface area contributed by atoms with Crippen LogP contribution < -0.4 is 0 Å². The van der Waals surface area contributed by atoms with Gasteiger partial charge >= 0.3 is 0 Å². The summed E-state index contributed by atoms with van der Waals surface area (Å²) < 4.78 is 1.32. The van der Waals surface area contributed by atoms with Gasteiger partial charge in [0.25, 0.3) is 0 Å². The third-order valence-corrected chi connectivity index (χ3v) is 4.63. The molecule has 2 aromatic rings. The van der Waals surface area contributed by atoms with Gasteiger partial charge in [0.15, 0.2) is 0 Å². The first-order valence-electron chi connectivity index (χ1n) is 5.79. The molecule has 0 amide bonds. The van der Waals surface area contributed by atoms with Crippen molar-refractivity contribution in [3.63, 3.8) is 0 Å². The van der Waals surface area contributed by atoms with Gasteiger partial charge in [0.05, 0.1) is 0 Å². The molecule has 17 heavy (non-hydrogen) atoms. The lowest BCUT2D eigenvalue weighted by Gasteiger charge is -2.21. The van der Waals surface area contributed by atoms with Crippen LogP contribution in [0.4, 0.5) is 0 Å². The van der Waals surface area contributed by atoms with Gasteiger partial charge in [-0.3, -0.25) is 0 Å². The second-order valence-electron chi connectivity index (χ2n) is 4.53. The van der Waals surface area contributed by atoms with E-state index in [-0.39, 0.29) is 0 Å². The second kappa shape index (κ2) is 4.45. The molecular weight excluding hydrogens is 250 g/mol. The number of rotatable bonds is 1. The monoisotopic (exact) mass is 263 g/mol. The van der Waals surface area contributed by atoms with E-state index in [2.05, 4.69) is 30.2 Å². The molecule has 0 N–H and O–H groups in total. The van der Waals surface area contributed by atoms with Crippen LogP contribution in [0.3, 0.4) is 0 Å². The van der Waals surface area contributed by atoms with Crippen molar-refractivity contribution in [2.24, 2.45) is 0 Å². The first-order chi connectivity index (χ1) is 8.22. The van der Waals surface area contributed by atoms with Gasteiger partial charge in [-0.2, -0.15) is 0 Å². The molecule has 0 atom stereocenters. The van der Waals surface area contributed by atoms with E-state index in [1.54, 1.807) is 0 Å². The van der Waals surface area contributed by atoms with Crippen LogP contribution >= 0.6 is 22.9 Å². The number of benzene rings is 1. The van der Waals surface area contributed by atoms with E-state index >= 15 is 0 Å². The Kier molecular flexibility index (Phi) is 2.95. The molecule has 1 nitrogen and oxygen atoms in total. The first-order valence-corrected chi connectivity index (χ1v) is 6.99. The van der Waals surface area contributed by atoms with Gasteiger partial charge in [-0.25, -0.2) is 0 Å². The van der Waals surface area contributed by atoms with Crippen LogP contribution in [-0.4, -0.2) is 25.0 Å². The summed E-state index contributed by atoms with van der Waals surface area (Å²) in [4.78, 5) is 3.74. The Hall–Kier alpha value is -0.830. The van der Waals surface area contributed by atoms with Crippen LogP contribution in [0.1, 0.15) is 11.3 Å². The van der Waals surface area contributed by atoms with Crippen molar-refractivity contribution in [2.75, 3.05) is 20.1 Å². The first kappa shape index (κ1) is 11.3. The van der Waals surface area contributed by atoms with Crippen molar-refractivity contribution in [1.82, 2.24) is 4.90 Å². The fourth-order valence-corrected chi connectivity index (χ4v) is 3.46. The highest BCUT2D eigenvalue weighted by Gasteiger charge is 2.12. The summed E-state index contributed by atoms with van der Waals surface area (Å²) in [6.45, 7) is 2.21. The number of fused-ring (bicyclic) bond motifs is 1. The van der Waals surface area contributed by atoms with Gasteiger partial charge in [-0.15, -0.1) is 11.3 Å². The van der Waals surface area contributed by atoms with Gasteiger partial charge in [0, 0.05) is 27.7 Å². The molecule has 0 saturated carbocycles. The lowest BCUT2D eigenvalue weighted by atomic mass is 10.1. The summed E-state index contributed by atoms with van der Waals surface area (Å²) in [5.74, 6) is 0. The van der Waals surface area contributed by atoms with Crippen molar-refractivity contribution >= 4 is 38.6 Å². The predicted molar refractivity (Wildman–Crippen MR) is 76.9 cm³/mol. The fraction of sp³-hybridized carbons (Fsp3) is 0.286. The summed E-state index contributed by atoms with van der Waals surface area (Å²) in [7, 11) is 2.16. The van der Waals surface area contributed by atoms with Crippen molar-refractivity contribution in [3.05, 3.63) is 40.2 Å². The Labute approximate surface area is 110 Å². The maximum absolute atomic E-state index is 6.02. The van der Waals surface area contributed by atoms with Crippen LogP contribution in [0.25, 0.3) is 15.7 Å². The molecule has 0 fully saturated rings. The number of hydrogen-bond donors (Lipinski definition) is 0. The third-order valence-electron chi connectivity index (χ3n) is 3.21. The largest absolute Gasteiger partial charge is 0.302 e. The van der Waals surface area contributed by atoms with Crippen LogP contribution in [0, 0.1) is 0 Å². The van der Waals surface area contributed by atoms with Crippen molar-refractivity contribution < 1.29 is 0 Å². The topological polar surface area (TPSA) is 3.24 Å². The second-order valence-corrected chi connectivity index (χ2v) is 6.05. The van der Waals surface area contributed by atoms with Gasteiger partial charge in [-0.05, 0) is 48.7 Å². The predicted octanol–water partition coefficient (Wildman–Crippen LogP) is 4.27. The molecule has 0 spiro atoms. The van der Waals surface area contributed by atoms with E-state index < -0.39 is 0 Å². The molecule has 0 radical (unpaired) electrons. The van der Waals surface area contributed by atoms with E-state index in [4.69, 9.17) is 11.6 Å². The number of likely N-dealkylation sites (N-methyl/N-ethyl adjacent to an activating group) is 1. The Bertz CT molecular complexity index is 585. The summed E-state index contributed by atoms with van der Waals surface area (Å²) in [6.07, 6.45) is 3.49. The number of nitrogens with zero attached hydrogens (tertiary/aromatic N) is 1. The van der Waals surface area contributed by atoms with Crippen molar-refractivity contribution in [2.45, 2.75) is 6.42 Å². The number of hydrogen-bond acceptors (Lipinski definition) is 2. The van der Waals surface area contributed by atoms with Crippen molar-refractivity contribution in [1.29, 1.82) is 0 Å². The standard InChI is InChI=1S/C14H14ClNS/c1-16-6-4-10(5-7-16)14-9-11-8-12(15)2-3-13(11)17-14/h2-4,8-9H,5-7H2,1H3. The van der Waals surface area contributed by atoms with Crippen LogP contribution in [0.15, 0.2) is 30.3 Å². The molecule has 88 valence electrons. The smallest absolute Gasteiger partial charge is 0.0412 e. The molecule has 1 aromatic carbocycles. The number of halogens is 1. The average Bonchev–Trinajstić information content (AvgIpc) is 2.72. The molecule has 3 heteroatoms. The maximum atomic E-state index is 6.02. The molecule has 0 aliphatic carbocycles. The van der Waals surface area contributed by atoms with Gasteiger partial charge in [-0.1, -0.05) is 17.7 Å². The van der Waals surface area contributed by atoms with E-state index in [0.29, 0.717) is 0 Å². The Morgan fingerprint density at radius 1 is 1.29 bits per heavy atom. The molecule has 0 saturated heterocycles. The van der Waals surface area contributed by atoms with Crippen LogP contribution in [0.5, 0.6) is 0 Å². The SMILES string of the molecule is CN1CC=C(c2cc3cc(Cl)ccc3s2)CC1. The van der Waals surface area contributed by atoms with Crippen LogP contribution in [0.2, 0.25) is 5.02 Å². The maximum Gasteiger partial charge on any atom is 0.0412 e. The zero-order valence-corrected chi connectivity index (χ0v) is 11.3. The lowest BCUT2D eigenvalue weighted by Crippen LogP contribution is -2.23. The average molecular weight is 264 g/mol. The zero-order valence-electron chi connectivity index (χ0n) is 9.74. The highest BCUT2D eigenvalue weighted by Crippen LogP contribution is 2.34. The minimum atomic E-state index is 0.819. The van der Waals surface area contributed by atoms with Gasteiger partial charge < -0.3 is 4.90 Å². The van der Waals surface area contributed by atoms with Crippen LogP contribution in [-0.2, 0) is 0 Å². The summed E-state index contributed by atoms with van der Waals surface area (Å²) >= 11 is 7.88. The Balaban J connectivity index is 2.01. The molecule has 0 unspecified atom stereocenters. The molecule has 1 aliphatic rings. The fourth-order valence-electron chi connectivity index (χ4n) is 2.17. The summed E-state index contributed by atoms with van der Waals surface area (Å²) in [6, 6.07) is 8.39.